The predicted molar refractivity (Wildman–Crippen MR) is 61.1 cm³/mol. The summed E-state index contributed by atoms with van der Waals surface area (Å²) in [6.45, 7) is 2.76. The molecule has 2 atom stereocenters. The van der Waals surface area contributed by atoms with Crippen molar-refractivity contribution in [1.82, 2.24) is 10.2 Å². The molecule has 0 aliphatic heterocycles. The molecule has 5 heteroatoms. The molecule has 15 heavy (non-hydrogen) atoms. The van der Waals surface area contributed by atoms with E-state index in [1.54, 1.807) is 11.3 Å². The number of nitrogens with one attached hydrogen (secondary N) is 1. The Labute approximate surface area is 93.7 Å². The van der Waals surface area contributed by atoms with E-state index in [0.29, 0.717) is 5.92 Å². The summed E-state index contributed by atoms with van der Waals surface area (Å²) in [5.74, 6) is 0.378. The van der Waals surface area contributed by atoms with Gasteiger partial charge in [0.1, 0.15) is 5.01 Å². The van der Waals surface area contributed by atoms with Crippen LogP contribution in [-0.2, 0) is 0 Å². The Morgan fingerprint density at radius 3 is 2.87 bits per heavy atom. The Morgan fingerprint density at radius 1 is 1.40 bits per heavy atom. The number of anilines is 1. The molecule has 84 valence electrons. The smallest absolute Gasteiger partial charge is 0.205 e. The molecule has 0 aromatic carbocycles. The zero-order chi connectivity index (χ0) is 10.7. The van der Waals surface area contributed by atoms with Crippen LogP contribution in [0, 0.1) is 12.8 Å². The van der Waals surface area contributed by atoms with Crippen molar-refractivity contribution >= 4 is 16.5 Å². The van der Waals surface area contributed by atoms with Crippen LogP contribution in [0.3, 0.4) is 0 Å². The fraction of sp³-hybridized carbons (Fsp3) is 0.800. The number of rotatable bonds is 3. The molecule has 2 N–H and O–H groups in total. The molecule has 1 aliphatic carbocycles. The van der Waals surface area contributed by atoms with Gasteiger partial charge in [-0.1, -0.05) is 24.2 Å². The van der Waals surface area contributed by atoms with Crippen molar-refractivity contribution in [3.05, 3.63) is 5.01 Å². The second kappa shape index (κ2) is 4.90. The molecule has 0 saturated heterocycles. The van der Waals surface area contributed by atoms with Gasteiger partial charge in [-0.2, -0.15) is 0 Å². The Kier molecular flexibility index (Phi) is 3.53. The van der Waals surface area contributed by atoms with E-state index in [1.807, 2.05) is 6.92 Å². The lowest BCUT2D eigenvalue weighted by Crippen LogP contribution is -2.30. The van der Waals surface area contributed by atoms with Gasteiger partial charge in [-0.25, -0.2) is 0 Å². The number of nitrogens with zero attached hydrogens (tertiary/aromatic N) is 2. The van der Waals surface area contributed by atoms with Crippen molar-refractivity contribution in [2.45, 2.75) is 38.7 Å². The van der Waals surface area contributed by atoms with Crippen LogP contribution >= 0.6 is 11.3 Å². The molecule has 0 radical (unpaired) electrons. The van der Waals surface area contributed by atoms with Crippen molar-refractivity contribution in [3.8, 4) is 0 Å². The molecule has 1 heterocycles. The summed E-state index contributed by atoms with van der Waals surface area (Å²) in [6, 6.07) is 0. The molecule has 2 unspecified atom stereocenters. The lowest BCUT2D eigenvalue weighted by molar-refractivity contribution is 0.0763. The Morgan fingerprint density at radius 2 is 2.20 bits per heavy atom. The first kappa shape index (κ1) is 10.8. The molecule has 1 aromatic rings. The number of aliphatic hydroxyl groups is 1. The Hall–Kier alpha value is -0.680. The molecule has 1 aromatic heterocycles. The van der Waals surface area contributed by atoms with E-state index in [4.69, 9.17) is 0 Å². The summed E-state index contributed by atoms with van der Waals surface area (Å²) in [7, 11) is 0. The van der Waals surface area contributed by atoms with Crippen molar-refractivity contribution in [2.24, 2.45) is 5.92 Å². The van der Waals surface area contributed by atoms with Gasteiger partial charge in [0.15, 0.2) is 0 Å². The predicted octanol–water partition coefficient (Wildman–Crippen LogP) is 1.81. The highest BCUT2D eigenvalue weighted by Crippen LogP contribution is 2.25. The Balaban J connectivity index is 1.81. The average Bonchev–Trinajstić information content (AvgIpc) is 2.63. The van der Waals surface area contributed by atoms with E-state index in [2.05, 4.69) is 15.5 Å². The molecule has 2 rings (SSSR count). The molecule has 1 saturated carbocycles. The second-order valence-corrected chi connectivity index (χ2v) is 5.30. The first-order valence-electron chi connectivity index (χ1n) is 5.48. The summed E-state index contributed by atoms with van der Waals surface area (Å²) in [5, 5.41) is 22.8. The van der Waals surface area contributed by atoms with E-state index in [0.717, 1.165) is 35.9 Å². The number of hydrogen-bond donors (Lipinski definition) is 2. The topological polar surface area (TPSA) is 58.0 Å². The molecule has 0 bridgehead atoms. The molecule has 0 spiro atoms. The number of aryl methyl sites for hydroxylation is 1. The largest absolute Gasteiger partial charge is 0.393 e. The van der Waals surface area contributed by atoms with Gasteiger partial charge >= 0.3 is 0 Å². The minimum absolute atomic E-state index is 0.139. The van der Waals surface area contributed by atoms with Crippen LogP contribution in [0.4, 0.5) is 5.13 Å². The third kappa shape index (κ3) is 2.89. The number of hydrogen-bond acceptors (Lipinski definition) is 5. The molecule has 0 amide bonds. The fourth-order valence-electron chi connectivity index (χ4n) is 2.01. The van der Waals surface area contributed by atoms with E-state index in [1.165, 1.54) is 6.42 Å². The molecular weight excluding hydrogens is 210 g/mol. The summed E-state index contributed by atoms with van der Waals surface area (Å²) in [5.41, 5.74) is 0. The second-order valence-electron chi connectivity index (χ2n) is 4.12. The normalized spacial score (nSPS) is 26.5. The first-order chi connectivity index (χ1) is 7.25. The zero-order valence-corrected chi connectivity index (χ0v) is 9.76. The molecular formula is C10H17N3OS. The third-order valence-corrected chi connectivity index (χ3v) is 3.71. The zero-order valence-electron chi connectivity index (χ0n) is 8.94. The van der Waals surface area contributed by atoms with Crippen molar-refractivity contribution < 1.29 is 5.11 Å². The summed E-state index contributed by atoms with van der Waals surface area (Å²) >= 11 is 1.56. The van der Waals surface area contributed by atoms with E-state index < -0.39 is 0 Å². The van der Waals surface area contributed by atoms with Gasteiger partial charge in [0.2, 0.25) is 5.13 Å². The van der Waals surface area contributed by atoms with Crippen LogP contribution in [0.25, 0.3) is 0 Å². The lowest BCUT2D eigenvalue weighted by Gasteiger charge is -2.27. The first-order valence-corrected chi connectivity index (χ1v) is 6.29. The van der Waals surface area contributed by atoms with Crippen LogP contribution < -0.4 is 5.32 Å². The van der Waals surface area contributed by atoms with Crippen molar-refractivity contribution in [1.29, 1.82) is 0 Å². The highest BCUT2D eigenvalue weighted by Gasteiger charge is 2.22. The van der Waals surface area contributed by atoms with Gasteiger partial charge in [-0.05, 0) is 19.8 Å². The van der Waals surface area contributed by atoms with Gasteiger partial charge in [0.05, 0.1) is 6.10 Å². The average molecular weight is 227 g/mol. The maximum Gasteiger partial charge on any atom is 0.205 e. The van der Waals surface area contributed by atoms with Gasteiger partial charge in [0.25, 0.3) is 0 Å². The van der Waals surface area contributed by atoms with E-state index >= 15 is 0 Å². The summed E-state index contributed by atoms with van der Waals surface area (Å²) in [4.78, 5) is 0. The van der Waals surface area contributed by atoms with E-state index in [-0.39, 0.29) is 6.10 Å². The molecule has 1 aliphatic rings. The van der Waals surface area contributed by atoms with Crippen LogP contribution in [0.1, 0.15) is 30.7 Å². The standard InChI is InChI=1S/C10H17N3OS/c1-7-12-13-10(15-7)11-6-8-4-2-3-5-9(8)14/h8-9,14H,2-6H2,1H3,(H,11,13). The highest BCUT2D eigenvalue weighted by molar-refractivity contribution is 7.15. The van der Waals surface area contributed by atoms with Gasteiger partial charge in [-0.15, -0.1) is 10.2 Å². The van der Waals surface area contributed by atoms with Crippen LogP contribution in [0.15, 0.2) is 0 Å². The maximum absolute atomic E-state index is 9.78. The quantitative estimate of drug-likeness (QED) is 0.827. The monoisotopic (exact) mass is 227 g/mol. The maximum atomic E-state index is 9.78. The van der Waals surface area contributed by atoms with Crippen LogP contribution in [0.5, 0.6) is 0 Å². The van der Waals surface area contributed by atoms with E-state index in [9.17, 15) is 5.11 Å². The molecule has 1 fully saturated rings. The van der Waals surface area contributed by atoms with Gasteiger partial charge in [0, 0.05) is 12.5 Å². The van der Waals surface area contributed by atoms with Crippen LogP contribution in [0.2, 0.25) is 0 Å². The van der Waals surface area contributed by atoms with Crippen LogP contribution in [-0.4, -0.2) is 28.0 Å². The lowest BCUT2D eigenvalue weighted by atomic mass is 9.86. The minimum Gasteiger partial charge on any atom is -0.393 e. The minimum atomic E-state index is -0.139. The van der Waals surface area contributed by atoms with Crippen molar-refractivity contribution in [2.75, 3.05) is 11.9 Å². The third-order valence-electron chi connectivity index (χ3n) is 2.91. The summed E-state index contributed by atoms with van der Waals surface area (Å²) in [6.07, 6.45) is 4.32. The Bertz CT molecular complexity index is 315. The summed E-state index contributed by atoms with van der Waals surface area (Å²) < 4.78 is 0. The highest BCUT2D eigenvalue weighted by atomic mass is 32.1. The molecule has 4 nitrogen and oxygen atoms in total. The number of aromatic nitrogens is 2. The SMILES string of the molecule is Cc1nnc(NCC2CCCCC2O)s1. The van der Waals surface area contributed by atoms with Gasteiger partial charge < -0.3 is 10.4 Å². The van der Waals surface area contributed by atoms with Crippen molar-refractivity contribution in [3.63, 3.8) is 0 Å². The number of aliphatic hydroxyl groups excluding tert-OH is 1. The fourth-order valence-corrected chi connectivity index (χ4v) is 2.61. The van der Waals surface area contributed by atoms with Gasteiger partial charge in [-0.3, -0.25) is 0 Å².